The Labute approximate surface area is 82.9 Å². The van der Waals surface area contributed by atoms with Gasteiger partial charge in [-0.05, 0) is 13.3 Å². The average Bonchev–Trinajstić information content (AvgIpc) is 2.04. The molecular weight excluding hydrogens is 186 g/mol. The summed E-state index contributed by atoms with van der Waals surface area (Å²) in [4.78, 5) is 7.81. The molecule has 0 bridgehead atoms. The Morgan fingerprint density at radius 2 is 2.46 bits per heavy atom. The van der Waals surface area contributed by atoms with Crippen molar-refractivity contribution in [2.75, 3.05) is 5.32 Å². The number of nitrogens with one attached hydrogen (secondary N) is 1. The van der Waals surface area contributed by atoms with Crippen LogP contribution in [0.2, 0.25) is 5.15 Å². The fourth-order valence-corrected chi connectivity index (χ4v) is 1.12. The highest BCUT2D eigenvalue weighted by Gasteiger charge is 2.00. The summed E-state index contributed by atoms with van der Waals surface area (Å²) in [7, 11) is 0. The van der Waals surface area contributed by atoms with Crippen molar-refractivity contribution in [3.63, 3.8) is 0 Å². The van der Waals surface area contributed by atoms with Crippen LogP contribution >= 0.6 is 11.6 Å². The maximum Gasteiger partial charge on any atom is 0.134 e. The molecule has 1 unspecified atom stereocenters. The van der Waals surface area contributed by atoms with Crippen molar-refractivity contribution in [2.24, 2.45) is 0 Å². The van der Waals surface area contributed by atoms with Gasteiger partial charge in [0, 0.05) is 12.1 Å². The third kappa shape index (κ3) is 3.42. The first-order chi connectivity index (χ1) is 6.22. The number of rotatable bonds is 4. The van der Waals surface area contributed by atoms with Gasteiger partial charge in [-0.2, -0.15) is 0 Å². The molecule has 1 atom stereocenters. The molecule has 1 N–H and O–H groups in total. The van der Waals surface area contributed by atoms with Crippen molar-refractivity contribution in [1.82, 2.24) is 9.97 Å². The fraction of sp³-hybridized carbons (Fsp3) is 0.333. The van der Waals surface area contributed by atoms with Gasteiger partial charge in [0.25, 0.3) is 0 Å². The van der Waals surface area contributed by atoms with E-state index in [1.54, 1.807) is 6.07 Å². The molecule has 13 heavy (non-hydrogen) atoms. The molecule has 0 aliphatic rings. The van der Waals surface area contributed by atoms with Crippen LogP contribution in [0.4, 0.5) is 5.82 Å². The van der Waals surface area contributed by atoms with E-state index in [1.165, 1.54) is 6.33 Å². The van der Waals surface area contributed by atoms with Gasteiger partial charge in [-0.3, -0.25) is 0 Å². The predicted octanol–water partition coefficient (Wildman–Crippen LogP) is 2.51. The summed E-state index contributed by atoms with van der Waals surface area (Å²) in [5, 5.41) is 3.62. The average molecular weight is 198 g/mol. The summed E-state index contributed by atoms with van der Waals surface area (Å²) >= 11 is 5.69. The highest BCUT2D eigenvalue weighted by Crippen LogP contribution is 2.10. The minimum absolute atomic E-state index is 0.309. The third-order valence-electron chi connectivity index (χ3n) is 1.55. The van der Waals surface area contributed by atoms with Crippen molar-refractivity contribution in [2.45, 2.75) is 19.4 Å². The van der Waals surface area contributed by atoms with E-state index >= 15 is 0 Å². The van der Waals surface area contributed by atoms with Gasteiger partial charge < -0.3 is 5.32 Å². The quantitative estimate of drug-likeness (QED) is 0.596. The number of hydrogen-bond donors (Lipinski definition) is 1. The highest BCUT2D eigenvalue weighted by atomic mass is 35.5. The molecule has 70 valence electrons. The maximum absolute atomic E-state index is 5.69. The minimum atomic E-state index is 0.309. The second-order valence-electron chi connectivity index (χ2n) is 2.80. The van der Waals surface area contributed by atoms with E-state index in [0.717, 1.165) is 12.2 Å². The molecule has 1 rings (SSSR count). The van der Waals surface area contributed by atoms with Gasteiger partial charge in [0.2, 0.25) is 0 Å². The van der Waals surface area contributed by atoms with Crippen molar-refractivity contribution < 1.29 is 0 Å². The number of anilines is 1. The lowest BCUT2D eigenvalue weighted by atomic mass is 10.2. The van der Waals surface area contributed by atoms with E-state index in [1.807, 2.05) is 6.08 Å². The topological polar surface area (TPSA) is 37.8 Å². The molecule has 3 nitrogen and oxygen atoms in total. The molecule has 0 saturated carbocycles. The van der Waals surface area contributed by atoms with Crippen molar-refractivity contribution >= 4 is 17.4 Å². The molecule has 0 amide bonds. The highest BCUT2D eigenvalue weighted by molar-refractivity contribution is 6.29. The minimum Gasteiger partial charge on any atom is -0.367 e. The zero-order valence-corrected chi connectivity index (χ0v) is 8.25. The van der Waals surface area contributed by atoms with Crippen molar-refractivity contribution in [1.29, 1.82) is 0 Å². The molecule has 1 heterocycles. The van der Waals surface area contributed by atoms with Crippen LogP contribution in [0.1, 0.15) is 13.3 Å². The van der Waals surface area contributed by atoms with Crippen molar-refractivity contribution in [3.05, 3.63) is 30.2 Å². The molecule has 0 aromatic carbocycles. The lowest BCUT2D eigenvalue weighted by molar-refractivity contribution is 0.806. The number of aromatic nitrogens is 2. The number of hydrogen-bond acceptors (Lipinski definition) is 3. The Hall–Kier alpha value is -1.09. The SMILES string of the molecule is C=CCC(C)Nc1cc(Cl)ncn1. The Morgan fingerprint density at radius 1 is 1.69 bits per heavy atom. The van der Waals surface area contributed by atoms with Crippen LogP contribution < -0.4 is 5.32 Å². The summed E-state index contributed by atoms with van der Waals surface area (Å²) in [6.07, 6.45) is 4.19. The summed E-state index contributed by atoms with van der Waals surface area (Å²) in [5.74, 6) is 0.745. The van der Waals surface area contributed by atoms with Crippen LogP contribution in [-0.2, 0) is 0 Å². The Bertz CT molecular complexity index is 288. The van der Waals surface area contributed by atoms with E-state index in [0.29, 0.717) is 11.2 Å². The molecule has 4 heteroatoms. The second-order valence-corrected chi connectivity index (χ2v) is 3.18. The van der Waals surface area contributed by atoms with E-state index in [9.17, 15) is 0 Å². The standard InChI is InChI=1S/C9H12ClN3/c1-3-4-7(2)13-9-5-8(10)11-6-12-9/h3,5-7H,1,4H2,2H3,(H,11,12,13). The van der Waals surface area contributed by atoms with Gasteiger partial charge >= 0.3 is 0 Å². The molecule has 0 fully saturated rings. The largest absolute Gasteiger partial charge is 0.367 e. The first kappa shape index (κ1) is 9.99. The van der Waals surface area contributed by atoms with E-state index < -0.39 is 0 Å². The normalized spacial score (nSPS) is 12.2. The zero-order chi connectivity index (χ0) is 9.68. The Balaban J connectivity index is 2.58. The van der Waals surface area contributed by atoms with Crippen LogP contribution in [0.15, 0.2) is 25.0 Å². The molecule has 0 saturated heterocycles. The molecule has 0 aliphatic heterocycles. The fourth-order valence-electron chi connectivity index (χ4n) is 0.974. The van der Waals surface area contributed by atoms with Crippen LogP contribution in [0.5, 0.6) is 0 Å². The van der Waals surface area contributed by atoms with E-state index in [4.69, 9.17) is 11.6 Å². The lowest BCUT2D eigenvalue weighted by Gasteiger charge is -2.11. The Kier molecular flexibility index (Phi) is 3.71. The summed E-state index contributed by atoms with van der Waals surface area (Å²) < 4.78 is 0. The number of halogens is 1. The molecular formula is C9H12ClN3. The smallest absolute Gasteiger partial charge is 0.134 e. The van der Waals surface area contributed by atoms with Gasteiger partial charge in [0.05, 0.1) is 0 Å². The number of nitrogens with zero attached hydrogens (tertiary/aromatic N) is 2. The lowest BCUT2D eigenvalue weighted by Crippen LogP contribution is -2.14. The zero-order valence-electron chi connectivity index (χ0n) is 7.50. The molecule has 0 spiro atoms. The van der Waals surface area contributed by atoms with Gasteiger partial charge in [0.15, 0.2) is 0 Å². The van der Waals surface area contributed by atoms with Gasteiger partial charge in [0.1, 0.15) is 17.3 Å². The third-order valence-corrected chi connectivity index (χ3v) is 1.75. The van der Waals surface area contributed by atoms with Crippen LogP contribution in [-0.4, -0.2) is 16.0 Å². The summed E-state index contributed by atoms with van der Waals surface area (Å²) in [6, 6.07) is 2.00. The van der Waals surface area contributed by atoms with E-state index in [-0.39, 0.29) is 0 Å². The van der Waals surface area contributed by atoms with Gasteiger partial charge in [-0.25, -0.2) is 9.97 Å². The van der Waals surface area contributed by atoms with Gasteiger partial charge in [-0.1, -0.05) is 17.7 Å². The monoisotopic (exact) mass is 197 g/mol. The first-order valence-corrected chi connectivity index (χ1v) is 4.45. The molecule has 0 radical (unpaired) electrons. The Morgan fingerprint density at radius 3 is 3.08 bits per heavy atom. The summed E-state index contributed by atoms with van der Waals surface area (Å²) in [5.41, 5.74) is 0. The molecule has 1 aromatic rings. The van der Waals surface area contributed by atoms with Crippen LogP contribution in [0.3, 0.4) is 0 Å². The maximum atomic E-state index is 5.69. The summed E-state index contributed by atoms with van der Waals surface area (Å²) in [6.45, 7) is 5.71. The van der Waals surface area contributed by atoms with E-state index in [2.05, 4.69) is 28.8 Å². The van der Waals surface area contributed by atoms with Gasteiger partial charge in [-0.15, -0.1) is 6.58 Å². The second kappa shape index (κ2) is 4.82. The van der Waals surface area contributed by atoms with Crippen LogP contribution in [0, 0.1) is 0 Å². The molecule has 0 aliphatic carbocycles. The first-order valence-electron chi connectivity index (χ1n) is 4.07. The predicted molar refractivity (Wildman–Crippen MR) is 54.9 cm³/mol. The molecule has 1 aromatic heterocycles. The van der Waals surface area contributed by atoms with Crippen molar-refractivity contribution in [3.8, 4) is 0 Å². The van der Waals surface area contributed by atoms with Crippen LogP contribution in [0.25, 0.3) is 0 Å².